The van der Waals surface area contributed by atoms with Crippen LogP contribution in [0.5, 0.6) is 0 Å². The number of nitrogens with zero attached hydrogens (tertiary/aromatic N) is 4. The summed E-state index contributed by atoms with van der Waals surface area (Å²) in [7, 11) is 2.12. The zero-order chi connectivity index (χ0) is 22.1. The first kappa shape index (κ1) is 20.9. The number of halogens is 1. The maximum absolute atomic E-state index is 6.17. The number of pyridine rings is 1. The van der Waals surface area contributed by atoms with Gasteiger partial charge >= 0.3 is 5.13 Å². The van der Waals surface area contributed by atoms with Crippen molar-refractivity contribution in [3.63, 3.8) is 0 Å². The molecule has 0 spiro atoms. The molecule has 0 N–H and O–H groups in total. The van der Waals surface area contributed by atoms with Gasteiger partial charge in [0, 0.05) is 23.4 Å². The second kappa shape index (κ2) is 7.02. The smallest absolute Gasteiger partial charge is 0.438 e. The van der Waals surface area contributed by atoms with Gasteiger partial charge < -0.3 is 9.32 Å². The molecule has 4 aromatic rings. The van der Waals surface area contributed by atoms with Crippen molar-refractivity contribution in [1.82, 2.24) is 12.6 Å². The van der Waals surface area contributed by atoms with Crippen LogP contribution in [0, 0.1) is 13.8 Å². The molecule has 0 saturated heterocycles. The van der Waals surface area contributed by atoms with E-state index in [0.717, 1.165) is 19.4 Å². The van der Waals surface area contributed by atoms with Gasteiger partial charge in [-0.3, -0.25) is 0 Å². The number of quaternary nitrogens is 1. The molecular formula is C24H27IN4OS+2. The molecule has 5 nitrogen and oxygen atoms in total. The summed E-state index contributed by atoms with van der Waals surface area (Å²) in [6, 6.07) is 8.47. The number of fused-ring (bicyclic) bond motifs is 3. The first-order chi connectivity index (χ1) is 14.6. The quantitative estimate of drug-likeness (QED) is 0.174. The molecule has 7 heteroatoms. The highest BCUT2D eigenvalue weighted by Gasteiger charge is 2.52. The van der Waals surface area contributed by atoms with Gasteiger partial charge in [0.25, 0.3) is 22.9 Å². The molecule has 0 amide bonds. The van der Waals surface area contributed by atoms with Crippen molar-refractivity contribution in [2.75, 3.05) is 0 Å². The number of aryl methyl sites for hydroxylation is 3. The number of hydrogen-bond donors (Lipinski definition) is 0. The van der Waals surface area contributed by atoms with Crippen LogP contribution in [0.25, 0.3) is 22.1 Å². The van der Waals surface area contributed by atoms with Crippen LogP contribution < -0.4 is 7.26 Å². The Kier molecular flexibility index (Phi) is 4.73. The van der Waals surface area contributed by atoms with E-state index in [1.165, 1.54) is 21.6 Å². The molecule has 5 rings (SSSR count). The Morgan fingerprint density at radius 1 is 1.23 bits per heavy atom. The van der Waals surface area contributed by atoms with Crippen molar-refractivity contribution in [3.8, 4) is 0 Å². The molecule has 0 bridgehead atoms. The van der Waals surface area contributed by atoms with Crippen LogP contribution in [0.4, 0.5) is 5.13 Å². The minimum Gasteiger partial charge on any atom is -0.438 e. The predicted molar refractivity (Wildman–Crippen MR) is 136 cm³/mol. The van der Waals surface area contributed by atoms with E-state index < -0.39 is 0 Å². The Balaban J connectivity index is 1.68. The van der Waals surface area contributed by atoms with Gasteiger partial charge in [-0.05, 0) is 68.4 Å². The zero-order valence-corrected chi connectivity index (χ0v) is 21.7. The Morgan fingerprint density at radius 2 is 2.00 bits per heavy atom. The normalized spacial score (nSPS) is 21.6. The lowest BCUT2D eigenvalue weighted by Crippen LogP contribution is -2.54. The van der Waals surface area contributed by atoms with Crippen LogP contribution >= 0.6 is 34.2 Å². The topological polar surface area (TPSA) is 33.2 Å². The average molecular weight is 546 g/mol. The molecule has 1 aliphatic heterocycles. The standard InChI is InChI=1S/C24H27IN4OS/c1-15-7-10-19-20(18-9-8-16(2)26-22(18)30-19)21(15)24(4,5)28-11-13-29(25,17(28)3)23-27(6)12-14-31-23/h7-14,17H,1-6H3/q+2. The number of rotatable bonds is 3. The summed E-state index contributed by atoms with van der Waals surface area (Å²) in [6.45, 7) is 11.1. The molecule has 0 fully saturated rings. The second-order valence-corrected chi connectivity index (χ2v) is 11.4. The van der Waals surface area contributed by atoms with Gasteiger partial charge in [-0.1, -0.05) is 6.07 Å². The molecule has 160 valence electrons. The first-order valence-corrected chi connectivity index (χ1v) is 12.3. The van der Waals surface area contributed by atoms with E-state index in [1.54, 1.807) is 11.3 Å². The fourth-order valence-electron chi connectivity index (χ4n) is 4.99. The Morgan fingerprint density at radius 3 is 2.71 bits per heavy atom. The van der Waals surface area contributed by atoms with Gasteiger partial charge in [-0.15, -0.1) is 7.26 Å². The molecular weight excluding hydrogens is 519 g/mol. The van der Waals surface area contributed by atoms with Crippen molar-refractivity contribution in [2.45, 2.75) is 46.3 Å². The summed E-state index contributed by atoms with van der Waals surface area (Å²) in [5.41, 5.74) is 4.90. The van der Waals surface area contributed by atoms with Gasteiger partial charge in [0.15, 0.2) is 12.4 Å². The average Bonchev–Trinajstić information content (AvgIpc) is 3.38. The van der Waals surface area contributed by atoms with Crippen LogP contribution in [-0.4, -0.2) is 16.0 Å². The van der Waals surface area contributed by atoms with Crippen molar-refractivity contribution in [3.05, 3.63) is 65.1 Å². The third kappa shape index (κ3) is 2.97. The highest BCUT2D eigenvalue weighted by Crippen LogP contribution is 2.46. The van der Waals surface area contributed by atoms with Gasteiger partial charge in [-0.25, -0.2) is 4.98 Å². The van der Waals surface area contributed by atoms with E-state index in [4.69, 9.17) is 4.42 Å². The van der Waals surface area contributed by atoms with Crippen molar-refractivity contribution in [1.29, 1.82) is 0 Å². The van der Waals surface area contributed by atoms with Crippen molar-refractivity contribution < 1.29 is 8.98 Å². The highest BCUT2D eigenvalue weighted by atomic mass is 127. The summed E-state index contributed by atoms with van der Waals surface area (Å²) in [4.78, 5) is 7.13. The molecule has 2 atom stereocenters. The van der Waals surface area contributed by atoms with Crippen LogP contribution in [-0.2, 0) is 12.6 Å². The molecule has 0 saturated carbocycles. The van der Waals surface area contributed by atoms with Crippen LogP contribution in [0.2, 0.25) is 0 Å². The van der Waals surface area contributed by atoms with Crippen LogP contribution in [0.15, 0.2) is 52.7 Å². The van der Waals surface area contributed by atoms with Gasteiger partial charge in [0.2, 0.25) is 5.71 Å². The molecule has 2 unspecified atom stereocenters. The second-order valence-electron chi connectivity index (χ2n) is 8.92. The van der Waals surface area contributed by atoms with Crippen LogP contribution in [0.3, 0.4) is 0 Å². The molecule has 4 heterocycles. The fraction of sp³-hybridized carbons (Fsp3) is 0.333. The largest absolute Gasteiger partial charge is 0.443 e. The third-order valence-electron chi connectivity index (χ3n) is 6.55. The zero-order valence-electron chi connectivity index (χ0n) is 18.7. The van der Waals surface area contributed by atoms with E-state index >= 15 is 0 Å². The predicted octanol–water partition coefficient (Wildman–Crippen LogP) is 6.21. The van der Waals surface area contributed by atoms with Gasteiger partial charge in [0.05, 0.1) is 17.1 Å². The number of hydrogen-bond acceptors (Lipinski definition) is 4. The monoisotopic (exact) mass is 546 g/mol. The van der Waals surface area contributed by atoms with Crippen molar-refractivity contribution >= 4 is 61.4 Å². The summed E-state index contributed by atoms with van der Waals surface area (Å²) in [5, 5.41) is 5.71. The summed E-state index contributed by atoms with van der Waals surface area (Å²) in [5.74, 6) is 0. The molecule has 1 aliphatic rings. The van der Waals surface area contributed by atoms with E-state index in [9.17, 15) is 0 Å². The van der Waals surface area contributed by atoms with Crippen molar-refractivity contribution in [2.24, 2.45) is 7.05 Å². The number of thiazole rings is 1. The van der Waals surface area contributed by atoms with Gasteiger partial charge in [-0.2, -0.15) is 0 Å². The molecule has 3 aromatic heterocycles. The third-order valence-corrected chi connectivity index (χ3v) is 9.52. The lowest BCUT2D eigenvalue weighted by Gasteiger charge is -2.41. The number of aromatic nitrogens is 2. The maximum Gasteiger partial charge on any atom is 0.443 e. The van der Waals surface area contributed by atoms with E-state index in [2.05, 4.69) is 120 Å². The van der Waals surface area contributed by atoms with E-state index in [0.29, 0.717) is 5.71 Å². The van der Waals surface area contributed by atoms with Crippen LogP contribution in [0.1, 0.15) is 37.6 Å². The molecule has 1 aromatic carbocycles. The van der Waals surface area contributed by atoms with E-state index in [1.807, 2.05) is 6.92 Å². The summed E-state index contributed by atoms with van der Waals surface area (Å²) >= 11 is 4.36. The molecule has 0 radical (unpaired) electrons. The van der Waals surface area contributed by atoms with E-state index in [-0.39, 0.29) is 11.7 Å². The highest BCUT2D eigenvalue weighted by molar-refractivity contribution is 14.1. The molecule has 31 heavy (non-hydrogen) atoms. The number of furan rings is 1. The maximum atomic E-state index is 6.17. The Bertz CT molecular complexity index is 1350. The molecule has 0 aliphatic carbocycles. The van der Waals surface area contributed by atoms with Gasteiger partial charge in [0.1, 0.15) is 18.8 Å². The first-order valence-electron chi connectivity index (χ1n) is 10.4. The summed E-state index contributed by atoms with van der Waals surface area (Å²) in [6.07, 6.45) is 6.92. The number of benzene rings is 1. The SMILES string of the molecule is Cc1ccc2c(n1)oc1ccc(C)c(C(C)(C)N3C=C[N+](I)(c4scc[n+]4C)C3C)c12. The lowest BCUT2D eigenvalue weighted by atomic mass is 9.85. The fourth-order valence-corrected chi connectivity index (χ4v) is 7.05. The Hall–Kier alpha value is -1.97. The summed E-state index contributed by atoms with van der Waals surface area (Å²) < 4.78 is 9.11. The minimum atomic E-state index is -0.248. The lowest BCUT2D eigenvalue weighted by molar-refractivity contribution is -0.658. The Labute approximate surface area is 200 Å². The minimum absolute atomic E-state index is 0.230.